The summed E-state index contributed by atoms with van der Waals surface area (Å²) in [7, 11) is 0. The van der Waals surface area contributed by atoms with E-state index in [0.29, 0.717) is 0 Å². The van der Waals surface area contributed by atoms with Gasteiger partial charge in [0, 0.05) is 11.0 Å². The molecule has 1 heteroatoms. The van der Waals surface area contributed by atoms with Gasteiger partial charge in [0.25, 0.3) is 0 Å². The average Bonchev–Trinajstić information content (AvgIpc) is 2.47. The Balaban J connectivity index is 2.19. The van der Waals surface area contributed by atoms with Gasteiger partial charge in [0.05, 0.1) is 0 Å². The highest BCUT2D eigenvalue weighted by molar-refractivity contribution is 6.00. The van der Waals surface area contributed by atoms with Gasteiger partial charge in [-0.2, -0.15) is 0 Å². The molecule has 102 valence electrons. The van der Waals surface area contributed by atoms with Gasteiger partial charge in [-0.1, -0.05) is 81.1 Å². The SMILES string of the molecule is C=Cc1ccc(C(=O)C(C)(C)Cc2ccccc2)cc1. The molecule has 0 atom stereocenters. The lowest BCUT2D eigenvalue weighted by Crippen LogP contribution is -2.26. The predicted molar refractivity (Wildman–Crippen MR) is 84.8 cm³/mol. The van der Waals surface area contributed by atoms with E-state index in [1.165, 1.54) is 5.56 Å². The molecular formula is C19H20O. The first-order chi connectivity index (χ1) is 9.53. The van der Waals surface area contributed by atoms with Crippen molar-refractivity contribution < 1.29 is 4.79 Å². The molecule has 0 aliphatic heterocycles. The van der Waals surface area contributed by atoms with Crippen molar-refractivity contribution in [2.75, 3.05) is 0 Å². The Morgan fingerprint density at radius 3 is 2.20 bits per heavy atom. The van der Waals surface area contributed by atoms with Crippen LogP contribution in [-0.2, 0) is 6.42 Å². The van der Waals surface area contributed by atoms with Crippen LogP contribution in [-0.4, -0.2) is 5.78 Å². The quantitative estimate of drug-likeness (QED) is 0.710. The van der Waals surface area contributed by atoms with E-state index in [0.717, 1.165) is 17.5 Å². The number of Topliss-reactive ketones (excluding diaryl/α,β-unsaturated/α-hetero) is 1. The number of ketones is 1. The van der Waals surface area contributed by atoms with E-state index >= 15 is 0 Å². The van der Waals surface area contributed by atoms with Crippen LogP contribution in [0.2, 0.25) is 0 Å². The van der Waals surface area contributed by atoms with Crippen LogP contribution in [0.3, 0.4) is 0 Å². The number of carbonyl (C=O) groups is 1. The number of hydrogen-bond donors (Lipinski definition) is 0. The second-order valence-corrected chi connectivity index (χ2v) is 5.70. The fraction of sp³-hybridized carbons (Fsp3) is 0.211. The summed E-state index contributed by atoms with van der Waals surface area (Å²) in [5.74, 6) is 0.178. The van der Waals surface area contributed by atoms with Gasteiger partial charge in [0.2, 0.25) is 0 Å². The van der Waals surface area contributed by atoms with E-state index in [4.69, 9.17) is 0 Å². The van der Waals surface area contributed by atoms with Crippen LogP contribution in [0.25, 0.3) is 6.08 Å². The van der Waals surface area contributed by atoms with Crippen molar-refractivity contribution in [1.29, 1.82) is 0 Å². The Morgan fingerprint density at radius 1 is 1.05 bits per heavy atom. The fourth-order valence-electron chi connectivity index (χ4n) is 2.35. The van der Waals surface area contributed by atoms with Gasteiger partial charge >= 0.3 is 0 Å². The molecule has 0 amide bonds. The molecule has 0 N–H and O–H groups in total. The lowest BCUT2D eigenvalue weighted by molar-refractivity contribution is 0.0837. The Bertz CT molecular complexity index is 591. The van der Waals surface area contributed by atoms with Gasteiger partial charge in [-0.25, -0.2) is 0 Å². The van der Waals surface area contributed by atoms with Crippen molar-refractivity contribution in [2.45, 2.75) is 20.3 Å². The van der Waals surface area contributed by atoms with Crippen molar-refractivity contribution in [3.05, 3.63) is 77.9 Å². The minimum atomic E-state index is -0.406. The normalized spacial score (nSPS) is 11.1. The van der Waals surface area contributed by atoms with Crippen LogP contribution in [0.5, 0.6) is 0 Å². The maximum Gasteiger partial charge on any atom is 0.168 e. The van der Waals surface area contributed by atoms with Crippen molar-refractivity contribution in [3.63, 3.8) is 0 Å². The molecule has 0 saturated heterocycles. The van der Waals surface area contributed by atoms with Gasteiger partial charge in [-0.15, -0.1) is 0 Å². The van der Waals surface area contributed by atoms with E-state index in [9.17, 15) is 4.79 Å². The summed E-state index contributed by atoms with van der Waals surface area (Å²) < 4.78 is 0. The molecule has 2 aromatic carbocycles. The third kappa shape index (κ3) is 3.24. The van der Waals surface area contributed by atoms with Crippen LogP contribution in [0, 0.1) is 5.41 Å². The maximum atomic E-state index is 12.6. The largest absolute Gasteiger partial charge is 0.294 e. The molecule has 2 rings (SSSR count). The van der Waals surface area contributed by atoms with E-state index in [-0.39, 0.29) is 5.78 Å². The highest BCUT2D eigenvalue weighted by Gasteiger charge is 2.28. The summed E-state index contributed by atoms with van der Waals surface area (Å²) in [5.41, 5.74) is 2.57. The Kier molecular flexibility index (Phi) is 4.19. The summed E-state index contributed by atoms with van der Waals surface area (Å²) in [5, 5.41) is 0. The minimum absolute atomic E-state index is 0.178. The van der Waals surface area contributed by atoms with Crippen molar-refractivity contribution in [3.8, 4) is 0 Å². The summed E-state index contributed by atoms with van der Waals surface area (Å²) in [6, 6.07) is 17.8. The van der Waals surface area contributed by atoms with E-state index in [1.54, 1.807) is 6.08 Å². The first kappa shape index (κ1) is 14.3. The second-order valence-electron chi connectivity index (χ2n) is 5.70. The van der Waals surface area contributed by atoms with Crippen LogP contribution in [0.15, 0.2) is 61.2 Å². The molecule has 0 spiro atoms. The highest BCUT2D eigenvalue weighted by Crippen LogP contribution is 2.27. The lowest BCUT2D eigenvalue weighted by atomic mass is 9.79. The monoisotopic (exact) mass is 264 g/mol. The van der Waals surface area contributed by atoms with Crippen LogP contribution >= 0.6 is 0 Å². The fourth-order valence-corrected chi connectivity index (χ4v) is 2.35. The van der Waals surface area contributed by atoms with Crippen molar-refractivity contribution in [2.24, 2.45) is 5.41 Å². The molecule has 0 aliphatic carbocycles. The summed E-state index contributed by atoms with van der Waals surface area (Å²) >= 11 is 0. The third-order valence-electron chi connectivity index (χ3n) is 3.51. The molecule has 1 nitrogen and oxygen atoms in total. The van der Waals surface area contributed by atoms with E-state index < -0.39 is 5.41 Å². The van der Waals surface area contributed by atoms with Crippen LogP contribution in [0.4, 0.5) is 0 Å². The van der Waals surface area contributed by atoms with Gasteiger partial charge < -0.3 is 0 Å². The maximum absolute atomic E-state index is 12.6. The van der Waals surface area contributed by atoms with Crippen molar-refractivity contribution in [1.82, 2.24) is 0 Å². The number of benzene rings is 2. The summed E-state index contributed by atoms with van der Waals surface area (Å²) in [6.45, 7) is 7.73. The zero-order chi connectivity index (χ0) is 14.6. The molecule has 20 heavy (non-hydrogen) atoms. The van der Waals surface area contributed by atoms with E-state index in [2.05, 4.69) is 18.7 Å². The Morgan fingerprint density at radius 2 is 1.65 bits per heavy atom. The van der Waals surface area contributed by atoms with Gasteiger partial charge in [-0.05, 0) is 17.5 Å². The highest BCUT2D eigenvalue weighted by atomic mass is 16.1. The molecule has 2 aromatic rings. The molecule has 0 saturated carbocycles. The average molecular weight is 264 g/mol. The molecule has 0 unspecified atom stereocenters. The Labute approximate surface area is 121 Å². The molecule has 0 bridgehead atoms. The smallest absolute Gasteiger partial charge is 0.168 e. The van der Waals surface area contributed by atoms with Gasteiger partial charge in [0.1, 0.15) is 0 Å². The van der Waals surface area contributed by atoms with Crippen molar-refractivity contribution >= 4 is 11.9 Å². The van der Waals surface area contributed by atoms with Gasteiger partial charge in [-0.3, -0.25) is 4.79 Å². The number of carbonyl (C=O) groups excluding carboxylic acids is 1. The predicted octanol–water partition coefficient (Wildman–Crippen LogP) is 4.78. The standard InChI is InChI=1S/C19H20O/c1-4-15-10-12-17(13-11-15)18(20)19(2,3)14-16-8-6-5-7-9-16/h4-13H,1,14H2,2-3H3. The molecule has 0 fully saturated rings. The third-order valence-corrected chi connectivity index (χ3v) is 3.51. The summed E-state index contributed by atoms with van der Waals surface area (Å²) in [6.07, 6.45) is 2.53. The molecule has 0 aromatic heterocycles. The van der Waals surface area contributed by atoms with Crippen LogP contribution < -0.4 is 0 Å². The zero-order valence-electron chi connectivity index (χ0n) is 12.1. The second kappa shape index (κ2) is 5.87. The molecular weight excluding hydrogens is 244 g/mol. The number of hydrogen-bond acceptors (Lipinski definition) is 1. The Hall–Kier alpha value is -2.15. The lowest BCUT2D eigenvalue weighted by Gasteiger charge is -2.23. The minimum Gasteiger partial charge on any atom is -0.294 e. The first-order valence-electron chi connectivity index (χ1n) is 6.84. The topological polar surface area (TPSA) is 17.1 Å². The van der Waals surface area contributed by atoms with Crippen LogP contribution in [0.1, 0.15) is 35.3 Å². The van der Waals surface area contributed by atoms with E-state index in [1.807, 2.05) is 56.3 Å². The number of rotatable bonds is 5. The molecule has 0 radical (unpaired) electrons. The zero-order valence-corrected chi connectivity index (χ0v) is 12.1. The molecule has 0 aliphatic rings. The summed E-state index contributed by atoms with van der Waals surface area (Å²) in [4.78, 5) is 12.6. The van der Waals surface area contributed by atoms with Gasteiger partial charge in [0.15, 0.2) is 5.78 Å². The molecule has 0 heterocycles. The first-order valence-corrected chi connectivity index (χ1v) is 6.84.